The van der Waals surface area contributed by atoms with Gasteiger partial charge in [0.2, 0.25) is 0 Å². The molecule has 0 aliphatic carbocycles. The van der Waals surface area contributed by atoms with Gasteiger partial charge in [-0.3, -0.25) is 0 Å². The number of aryl methyl sites for hydroxylation is 1. The molecule has 2 heterocycles. The molecule has 17 heavy (non-hydrogen) atoms. The molecule has 1 aromatic rings. The van der Waals surface area contributed by atoms with E-state index in [0.29, 0.717) is 25.2 Å². The summed E-state index contributed by atoms with van der Waals surface area (Å²) < 4.78 is 22.9. The second-order valence-electron chi connectivity index (χ2n) is 4.50. The van der Waals surface area contributed by atoms with E-state index in [-0.39, 0.29) is 17.4 Å². The summed E-state index contributed by atoms with van der Waals surface area (Å²) in [4.78, 5) is 8.76. The summed E-state index contributed by atoms with van der Waals surface area (Å²) in [5.74, 6) is 1.05. The Morgan fingerprint density at radius 2 is 2.24 bits per heavy atom. The van der Waals surface area contributed by atoms with Crippen molar-refractivity contribution in [3.63, 3.8) is 0 Å². The van der Waals surface area contributed by atoms with Crippen molar-refractivity contribution in [1.29, 1.82) is 0 Å². The lowest BCUT2D eigenvalue weighted by atomic mass is 10.1. The number of nitrogens with two attached hydrogens (primary N) is 1. The molecular formula is C11H17N3O2S. The van der Waals surface area contributed by atoms with E-state index in [1.165, 1.54) is 0 Å². The van der Waals surface area contributed by atoms with E-state index < -0.39 is 9.84 Å². The van der Waals surface area contributed by atoms with E-state index in [9.17, 15) is 8.42 Å². The van der Waals surface area contributed by atoms with Crippen LogP contribution in [-0.2, 0) is 16.3 Å². The van der Waals surface area contributed by atoms with Gasteiger partial charge in [-0.15, -0.1) is 0 Å². The van der Waals surface area contributed by atoms with E-state index in [2.05, 4.69) is 9.97 Å². The Kier molecular flexibility index (Phi) is 3.44. The van der Waals surface area contributed by atoms with Crippen molar-refractivity contribution >= 4 is 9.84 Å². The summed E-state index contributed by atoms with van der Waals surface area (Å²) in [7, 11) is -2.89. The molecule has 1 fully saturated rings. The highest BCUT2D eigenvalue weighted by Crippen LogP contribution is 2.26. The number of rotatable bonds is 3. The third kappa shape index (κ3) is 3.01. The molecule has 1 unspecified atom stereocenters. The van der Waals surface area contributed by atoms with Crippen molar-refractivity contribution < 1.29 is 8.42 Å². The van der Waals surface area contributed by atoms with Gasteiger partial charge in [0.15, 0.2) is 9.84 Å². The molecule has 0 spiro atoms. The molecule has 0 amide bonds. The Labute approximate surface area is 101 Å². The monoisotopic (exact) mass is 255 g/mol. The number of hydrogen-bond acceptors (Lipinski definition) is 5. The van der Waals surface area contributed by atoms with Crippen LogP contribution in [0.1, 0.15) is 29.6 Å². The SMILES string of the molecule is Cc1cc(CCN)nc(C2CCS(=O)(=O)C2)n1. The van der Waals surface area contributed by atoms with Gasteiger partial charge >= 0.3 is 0 Å². The van der Waals surface area contributed by atoms with Crippen molar-refractivity contribution in [3.05, 3.63) is 23.3 Å². The van der Waals surface area contributed by atoms with Crippen LogP contribution in [-0.4, -0.2) is 36.4 Å². The van der Waals surface area contributed by atoms with Gasteiger partial charge in [0.1, 0.15) is 5.82 Å². The van der Waals surface area contributed by atoms with Crippen LogP contribution in [0.5, 0.6) is 0 Å². The van der Waals surface area contributed by atoms with E-state index in [1.807, 2.05) is 13.0 Å². The third-order valence-electron chi connectivity index (χ3n) is 2.92. The second kappa shape index (κ2) is 4.70. The summed E-state index contributed by atoms with van der Waals surface area (Å²) in [6.07, 6.45) is 1.34. The van der Waals surface area contributed by atoms with Crippen molar-refractivity contribution in [1.82, 2.24) is 9.97 Å². The zero-order valence-electron chi connectivity index (χ0n) is 9.89. The largest absolute Gasteiger partial charge is 0.330 e. The molecule has 94 valence electrons. The van der Waals surface area contributed by atoms with Crippen LogP contribution in [0.15, 0.2) is 6.07 Å². The number of nitrogens with zero attached hydrogens (tertiary/aromatic N) is 2. The van der Waals surface area contributed by atoms with Crippen LogP contribution >= 0.6 is 0 Å². The van der Waals surface area contributed by atoms with Crippen LogP contribution < -0.4 is 5.73 Å². The van der Waals surface area contributed by atoms with Crippen LogP contribution in [0.4, 0.5) is 0 Å². The lowest BCUT2D eigenvalue weighted by Gasteiger charge is -2.09. The quantitative estimate of drug-likeness (QED) is 0.833. The lowest BCUT2D eigenvalue weighted by Crippen LogP contribution is -2.11. The fourth-order valence-corrected chi connectivity index (χ4v) is 3.85. The minimum absolute atomic E-state index is 0.0450. The topological polar surface area (TPSA) is 85.9 Å². The van der Waals surface area contributed by atoms with Gasteiger partial charge in [-0.25, -0.2) is 18.4 Å². The Hall–Kier alpha value is -1.01. The van der Waals surface area contributed by atoms with Gasteiger partial charge in [0, 0.05) is 23.7 Å². The molecule has 0 radical (unpaired) electrons. The predicted octanol–water partition coefficient (Wildman–Crippen LogP) is 0.188. The van der Waals surface area contributed by atoms with Gasteiger partial charge in [0.05, 0.1) is 11.5 Å². The molecule has 5 nitrogen and oxygen atoms in total. The molecule has 0 bridgehead atoms. The van der Waals surface area contributed by atoms with Crippen molar-refractivity contribution in [2.45, 2.75) is 25.7 Å². The maximum atomic E-state index is 11.4. The Morgan fingerprint density at radius 3 is 2.82 bits per heavy atom. The normalized spacial score (nSPS) is 22.8. The first kappa shape index (κ1) is 12.4. The van der Waals surface area contributed by atoms with E-state index in [1.54, 1.807) is 0 Å². The molecule has 1 atom stereocenters. The molecule has 1 aliphatic heterocycles. The minimum Gasteiger partial charge on any atom is -0.330 e. The van der Waals surface area contributed by atoms with E-state index in [4.69, 9.17) is 5.73 Å². The lowest BCUT2D eigenvalue weighted by molar-refractivity contribution is 0.601. The molecule has 1 aliphatic rings. The highest BCUT2D eigenvalue weighted by atomic mass is 32.2. The number of sulfone groups is 1. The van der Waals surface area contributed by atoms with Crippen molar-refractivity contribution in [2.24, 2.45) is 5.73 Å². The van der Waals surface area contributed by atoms with Gasteiger partial charge in [0.25, 0.3) is 0 Å². The maximum absolute atomic E-state index is 11.4. The molecule has 6 heteroatoms. The number of hydrogen-bond donors (Lipinski definition) is 1. The fraction of sp³-hybridized carbons (Fsp3) is 0.636. The van der Waals surface area contributed by atoms with Gasteiger partial charge < -0.3 is 5.73 Å². The van der Waals surface area contributed by atoms with Gasteiger partial charge in [-0.05, 0) is 26.0 Å². The first-order valence-corrected chi connectivity index (χ1v) is 7.57. The summed E-state index contributed by atoms with van der Waals surface area (Å²) in [5, 5.41) is 0. The zero-order chi connectivity index (χ0) is 12.5. The van der Waals surface area contributed by atoms with E-state index in [0.717, 1.165) is 11.4 Å². The van der Waals surface area contributed by atoms with Crippen LogP contribution in [0, 0.1) is 6.92 Å². The summed E-state index contributed by atoms with van der Waals surface area (Å²) in [5.41, 5.74) is 7.28. The van der Waals surface area contributed by atoms with E-state index >= 15 is 0 Å². The van der Waals surface area contributed by atoms with Gasteiger partial charge in [-0.2, -0.15) is 0 Å². The third-order valence-corrected chi connectivity index (χ3v) is 4.69. The molecule has 1 saturated heterocycles. The maximum Gasteiger partial charge on any atom is 0.151 e. The Balaban J connectivity index is 2.27. The average Bonchev–Trinajstić information content (AvgIpc) is 2.58. The highest BCUT2D eigenvalue weighted by Gasteiger charge is 2.31. The van der Waals surface area contributed by atoms with Crippen LogP contribution in [0.3, 0.4) is 0 Å². The molecule has 2 N–H and O–H groups in total. The molecule has 0 aromatic carbocycles. The summed E-state index contributed by atoms with van der Waals surface area (Å²) in [6, 6.07) is 1.90. The minimum atomic E-state index is -2.89. The van der Waals surface area contributed by atoms with Gasteiger partial charge in [-0.1, -0.05) is 0 Å². The summed E-state index contributed by atoms with van der Waals surface area (Å²) >= 11 is 0. The zero-order valence-corrected chi connectivity index (χ0v) is 10.7. The highest BCUT2D eigenvalue weighted by molar-refractivity contribution is 7.91. The Morgan fingerprint density at radius 1 is 1.47 bits per heavy atom. The predicted molar refractivity (Wildman–Crippen MR) is 65.5 cm³/mol. The smallest absolute Gasteiger partial charge is 0.151 e. The molecule has 0 saturated carbocycles. The molecular weight excluding hydrogens is 238 g/mol. The van der Waals surface area contributed by atoms with Crippen LogP contribution in [0.25, 0.3) is 0 Å². The average molecular weight is 255 g/mol. The molecule has 2 rings (SSSR count). The molecule has 1 aromatic heterocycles. The standard InChI is InChI=1S/C11H17N3O2S/c1-8-6-10(2-4-12)14-11(13-8)9-3-5-17(15,16)7-9/h6,9H,2-5,7,12H2,1H3. The van der Waals surface area contributed by atoms with Crippen molar-refractivity contribution in [2.75, 3.05) is 18.1 Å². The first-order valence-electron chi connectivity index (χ1n) is 5.75. The van der Waals surface area contributed by atoms with Crippen molar-refractivity contribution in [3.8, 4) is 0 Å². The Bertz CT molecular complexity index is 513. The fourth-order valence-electron chi connectivity index (χ4n) is 2.12. The van der Waals surface area contributed by atoms with Crippen LogP contribution in [0.2, 0.25) is 0 Å². The second-order valence-corrected chi connectivity index (χ2v) is 6.73. The first-order chi connectivity index (χ1) is 8.00. The summed E-state index contributed by atoms with van der Waals surface area (Å²) in [6.45, 7) is 2.44. The number of aromatic nitrogens is 2.